The van der Waals surface area contributed by atoms with Crippen molar-refractivity contribution >= 4 is 22.1 Å². The summed E-state index contributed by atoms with van der Waals surface area (Å²) < 4.78 is 54.1. The Labute approximate surface area is 357 Å². The van der Waals surface area contributed by atoms with E-state index < -0.39 is 71.2 Å². The molecule has 1 saturated heterocycles. The van der Waals surface area contributed by atoms with E-state index in [-0.39, 0.29) is 19.4 Å². The zero-order chi connectivity index (χ0) is 43.4. The average Bonchev–Trinajstić information content (AvgIpc) is 3.20. The fourth-order valence-corrected chi connectivity index (χ4v) is 7.62. The number of rotatable bonds is 38. The van der Waals surface area contributed by atoms with Gasteiger partial charge in [-0.1, -0.05) is 166 Å². The second-order valence-corrected chi connectivity index (χ2v) is 17.5. The minimum absolute atomic E-state index is 0.163. The monoisotopic (exact) mass is 859 g/mol. The maximum Gasteiger partial charge on any atom is 0.306 e. The van der Waals surface area contributed by atoms with Crippen LogP contribution in [0.1, 0.15) is 187 Å². The minimum Gasteiger partial charge on any atom is -0.462 e. The lowest BCUT2D eigenvalue weighted by molar-refractivity contribution is -0.297. The van der Waals surface area contributed by atoms with Crippen LogP contribution in [0.15, 0.2) is 36.5 Å². The van der Waals surface area contributed by atoms with Gasteiger partial charge in [0.15, 0.2) is 12.4 Å². The molecule has 4 N–H and O–H groups in total. The molecule has 1 aliphatic rings. The molecule has 0 aliphatic carbocycles. The lowest BCUT2D eigenvalue weighted by atomic mass is 10.00. The Bertz CT molecular complexity index is 1240. The molecule has 59 heavy (non-hydrogen) atoms. The van der Waals surface area contributed by atoms with Crippen LogP contribution in [-0.4, -0.2) is 96.0 Å². The topological polar surface area (TPSA) is 186 Å². The van der Waals surface area contributed by atoms with Gasteiger partial charge in [0.2, 0.25) is 0 Å². The summed E-state index contributed by atoms with van der Waals surface area (Å²) in [5, 5.41) is 30.9. The van der Waals surface area contributed by atoms with Gasteiger partial charge < -0.3 is 34.3 Å². The predicted octanol–water partition coefficient (Wildman–Crippen LogP) is 9.39. The number of esters is 2. The highest BCUT2D eigenvalue weighted by Gasteiger charge is 2.46. The smallest absolute Gasteiger partial charge is 0.306 e. The molecule has 6 atom stereocenters. The first-order chi connectivity index (χ1) is 28.5. The fourth-order valence-electron chi connectivity index (χ4n) is 6.93. The van der Waals surface area contributed by atoms with Gasteiger partial charge in [-0.25, -0.2) is 0 Å². The highest BCUT2D eigenvalue weighted by molar-refractivity contribution is 7.85. The summed E-state index contributed by atoms with van der Waals surface area (Å²) in [5.41, 5.74) is 0. The summed E-state index contributed by atoms with van der Waals surface area (Å²) in [5.74, 6) is -2.00. The van der Waals surface area contributed by atoms with Crippen molar-refractivity contribution in [1.29, 1.82) is 0 Å². The first kappa shape index (κ1) is 54.9. The van der Waals surface area contributed by atoms with E-state index in [1.165, 1.54) is 77.0 Å². The van der Waals surface area contributed by atoms with Crippen LogP contribution in [0.3, 0.4) is 0 Å². The molecule has 0 radical (unpaired) electrons. The maximum atomic E-state index is 12.8. The van der Waals surface area contributed by atoms with Crippen LogP contribution in [-0.2, 0) is 38.7 Å². The summed E-state index contributed by atoms with van der Waals surface area (Å²) in [6.07, 6.45) is 31.9. The van der Waals surface area contributed by atoms with Gasteiger partial charge in [0.1, 0.15) is 36.8 Å². The van der Waals surface area contributed by atoms with Crippen LogP contribution in [0.25, 0.3) is 0 Å². The number of hydrogen-bond donors (Lipinski definition) is 4. The molecular weight excluding hydrogens is 777 g/mol. The molecule has 1 fully saturated rings. The molecule has 13 heteroatoms. The van der Waals surface area contributed by atoms with E-state index in [4.69, 9.17) is 18.9 Å². The molecule has 0 amide bonds. The number of aliphatic hydroxyl groups is 3. The number of carbonyl (C=O) groups excluding carboxylic acids is 2. The fraction of sp³-hybridized carbons (Fsp3) is 0.826. The van der Waals surface area contributed by atoms with Gasteiger partial charge in [-0.15, -0.1) is 0 Å². The number of allylic oxidation sites excluding steroid dienone is 6. The van der Waals surface area contributed by atoms with Gasteiger partial charge in [-0.05, 0) is 44.9 Å². The van der Waals surface area contributed by atoms with E-state index in [1.807, 2.05) is 0 Å². The van der Waals surface area contributed by atoms with Crippen LogP contribution in [0.4, 0.5) is 0 Å². The van der Waals surface area contributed by atoms with E-state index in [0.717, 1.165) is 70.6 Å². The highest BCUT2D eigenvalue weighted by atomic mass is 32.2. The summed E-state index contributed by atoms with van der Waals surface area (Å²) in [6, 6.07) is 0. The number of aliphatic hydroxyl groups excluding tert-OH is 3. The predicted molar refractivity (Wildman–Crippen MR) is 233 cm³/mol. The number of carbonyl (C=O) groups is 2. The summed E-state index contributed by atoms with van der Waals surface area (Å²) in [7, 11) is -4.60. The first-order valence-corrected chi connectivity index (χ1v) is 24.7. The Morgan fingerprint density at radius 2 is 1.07 bits per heavy atom. The lowest BCUT2D eigenvalue weighted by Crippen LogP contribution is -2.60. The molecule has 1 rings (SSSR count). The minimum atomic E-state index is -4.60. The van der Waals surface area contributed by atoms with Crippen molar-refractivity contribution in [3.05, 3.63) is 36.5 Å². The molecule has 0 bridgehead atoms. The van der Waals surface area contributed by atoms with Crippen molar-refractivity contribution in [2.45, 2.75) is 224 Å². The zero-order valence-electron chi connectivity index (χ0n) is 36.6. The van der Waals surface area contributed by atoms with Crippen molar-refractivity contribution in [1.82, 2.24) is 0 Å². The largest absolute Gasteiger partial charge is 0.462 e. The van der Waals surface area contributed by atoms with Gasteiger partial charge in [-0.2, -0.15) is 8.42 Å². The maximum absolute atomic E-state index is 12.8. The van der Waals surface area contributed by atoms with E-state index in [9.17, 15) is 37.9 Å². The molecule has 0 saturated carbocycles. The molecular formula is C46H82O12S. The molecule has 2 unspecified atom stereocenters. The molecule has 0 aromatic rings. The Kier molecular flexibility index (Phi) is 34.0. The van der Waals surface area contributed by atoms with Gasteiger partial charge in [0.25, 0.3) is 10.1 Å². The van der Waals surface area contributed by atoms with Crippen LogP contribution in [0.2, 0.25) is 0 Å². The normalized spacial score (nSPS) is 20.5. The molecule has 0 aromatic heterocycles. The second-order valence-electron chi connectivity index (χ2n) is 16.0. The zero-order valence-corrected chi connectivity index (χ0v) is 37.4. The molecule has 12 nitrogen and oxygen atoms in total. The molecule has 1 heterocycles. The summed E-state index contributed by atoms with van der Waals surface area (Å²) in [4.78, 5) is 25.4. The van der Waals surface area contributed by atoms with Crippen molar-refractivity contribution in [3.63, 3.8) is 0 Å². The third-order valence-electron chi connectivity index (χ3n) is 10.5. The Morgan fingerprint density at radius 3 is 1.59 bits per heavy atom. The lowest BCUT2D eigenvalue weighted by Gasteiger charge is -2.40. The van der Waals surface area contributed by atoms with Crippen molar-refractivity contribution in [2.75, 3.05) is 19.0 Å². The van der Waals surface area contributed by atoms with E-state index >= 15 is 0 Å². The quantitative estimate of drug-likeness (QED) is 0.0200. The number of hydrogen-bond acceptors (Lipinski definition) is 11. The van der Waals surface area contributed by atoms with Crippen molar-refractivity contribution in [2.24, 2.45) is 0 Å². The Morgan fingerprint density at radius 1 is 0.593 bits per heavy atom. The third-order valence-corrected chi connectivity index (χ3v) is 11.2. The molecule has 0 aromatic carbocycles. The van der Waals surface area contributed by atoms with Crippen molar-refractivity contribution in [3.8, 4) is 0 Å². The highest BCUT2D eigenvalue weighted by Crippen LogP contribution is 2.24. The van der Waals surface area contributed by atoms with E-state index in [0.29, 0.717) is 12.8 Å². The molecule has 0 spiro atoms. The van der Waals surface area contributed by atoms with Crippen LogP contribution < -0.4 is 0 Å². The van der Waals surface area contributed by atoms with Crippen LogP contribution >= 0.6 is 0 Å². The van der Waals surface area contributed by atoms with Crippen LogP contribution in [0, 0.1) is 0 Å². The van der Waals surface area contributed by atoms with Gasteiger partial charge >= 0.3 is 11.9 Å². The van der Waals surface area contributed by atoms with E-state index in [2.05, 4.69) is 50.3 Å². The van der Waals surface area contributed by atoms with Gasteiger partial charge in [0, 0.05) is 12.8 Å². The second kappa shape index (κ2) is 36.5. The summed E-state index contributed by atoms with van der Waals surface area (Å²) >= 11 is 0. The molecule has 1 aliphatic heterocycles. The SMILES string of the molecule is CC/C=C/C/C=C/C/C=C/CCCCCCCC(=O)OC[C@H](CO[C@H]1O[C@H](CS(=O)(=O)O)[C@@H](O)C(O)C1O)OC(=O)CCCCCCCCCCCCCCCCCC. The number of unbranched alkanes of at least 4 members (excludes halogenated alkanes) is 20. The summed E-state index contributed by atoms with van der Waals surface area (Å²) in [6.45, 7) is 3.64. The van der Waals surface area contributed by atoms with E-state index in [1.54, 1.807) is 0 Å². The van der Waals surface area contributed by atoms with Gasteiger partial charge in [0.05, 0.1) is 6.61 Å². The van der Waals surface area contributed by atoms with Crippen LogP contribution in [0.5, 0.6) is 0 Å². The third kappa shape index (κ3) is 31.4. The molecule has 344 valence electrons. The number of ether oxygens (including phenoxy) is 4. The Hall–Kier alpha value is -2.13. The average molecular weight is 859 g/mol. The van der Waals surface area contributed by atoms with Crippen molar-refractivity contribution < 1.29 is 56.8 Å². The van der Waals surface area contributed by atoms with Gasteiger partial charge in [-0.3, -0.25) is 14.1 Å². The standard InChI is InChI=1S/C46H82O12S/c1-3-5-7-9-11-13-15-17-19-21-23-25-27-29-31-33-35-42(48)57-39(37-56-46-45(51)44(50)43(49)40(58-46)38-59(52,53)54)36-55-41(47)34-32-30-28-26-24-22-20-18-16-14-12-10-8-6-4-2/h6,8,12,14,18,20,39-40,43-46,49-51H,3-5,7,9-11,13,15-17,19,21-38H2,1-2H3,(H,52,53,54)/b8-6+,14-12+,20-18+/t39-,40-,43-,44?,45?,46+/m1/s1. The first-order valence-electron chi connectivity index (χ1n) is 23.0. The Balaban J connectivity index is 2.44.